The Bertz CT molecular complexity index is 1340. The molecule has 0 fully saturated rings. The first-order valence-electron chi connectivity index (χ1n) is 9.21. The second kappa shape index (κ2) is 7.92. The molecule has 8 nitrogen and oxygen atoms in total. The zero-order valence-corrected chi connectivity index (χ0v) is 19.6. The number of hydrogen-bond donors (Lipinski definition) is 1. The monoisotopic (exact) mass is 519 g/mol. The molecule has 33 heavy (non-hydrogen) atoms. The highest BCUT2D eigenvalue weighted by Gasteiger charge is 2.40. The number of aliphatic imine (C=N–C) groups is 1. The van der Waals surface area contributed by atoms with E-state index in [-0.39, 0.29) is 29.2 Å². The van der Waals surface area contributed by atoms with Crippen molar-refractivity contribution in [3.63, 3.8) is 0 Å². The minimum atomic E-state index is -4.78. The third-order valence-electron chi connectivity index (χ3n) is 4.84. The summed E-state index contributed by atoms with van der Waals surface area (Å²) in [6, 6.07) is 6.65. The maximum absolute atomic E-state index is 12.9. The van der Waals surface area contributed by atoms with Crippen molar-refractivity contribution >= 4 is 44.5 Å². The van der Waals surface area contributed by atoms with Crippen molar-refractivity contribution in [3.05, 3.63) is 40.2 Å². The van der Waals surface area contributed by atoms with Crippen LogP contribution in [0, 0.1) is 0 Å². The first kappa shape index (κ1) is 23.4. The highest BCUT2D eigenvalue weighted by Crippen LogP contribution is 2.44. The summed E-state index contributed by atoms with van der Waals surface area (Å²) >= 11 is 7.70. The minimum Gasteiger partial charge on any atom is -0.415 e. The number of hydrogen-bond acceptors (Lipinski definition) is 8. The third-order valence-corrected chi connectivity index (χ3v) is 8.82. The van der Waals surface area contributed by atoms with Gasteiger partial charge in [-0.05, 0) is 43.1 Å². The highest BCUT2D eigenvalue weighted by atomic mass is 35.5. The van der Waals surface area contributed by atoms with Crippen LogP contribution in [-0.4, -0.2) is 49.7 Å². The lowest BCUT2D eigenvalue weighted by molar-refractivity contribution is -0.274. The van der Waals surface area contributed by atoms with Crippen molar-refractivity contribution in [3.8, 4) is 28.0 Å². The standard InChI is InChI=1S/C19H17ClF3N5O3S2/c1-18(9-33(3,29)28(2)17(24)25-18)14-12(20)8-13(32-14)16-27-26-15(30-16)10-4-6-11(7-5-10)31-19(21,22)23/h4-8H,3,9H2,1-2H3,(H2,24,25)/t18-,33?/m0/s1. The second-order valence-electron chi connectivity index (χ2n) is 7.43. The van der Waals surface area contributed by atoms with Gasteiger partial charge < -0.3 is 14.9 Å². The number of ether oxygens (including phenoxy) is 1. The minimum absolute atomic E-state index is 0.0905. The van der Waals surface area contributed by atoms with Crippen LogP contribution < -0.4 is 10.5 Å². The maximum atomic E-state index is 12.9. The van der Waals surface area contributed by atoms with Crippen LogP contribution in [-0.2, 0) is 15.2 Å². The van der Waals surface area contributed by atoms with Crippen molar-refractivity contribution in [1.82, 2.24) is 14.5 Å². The first-order chi connectivity index (χ1) is 15.3. The Kier molecular flexibility index (Phi) is 5.61. The van der Waals surface area contributed by atoms with Gasteiger partial charge in [0, 0.05) is 12.6 Å². The average molecular weight is 520 g/mol. The molecule has 2 N–H and O–H groups in total. The summed E-state index contributed by atoms with van der Waals surface area (Å²) in [4.78, 5) is 5.63. The van der Waals surface area contributed by atoms with Gasteiger partial charge >= 0.3 is 6.36 Å². The molecule has 0 spiro atoms. The molecule has 2 atom stereocenters. The predicted molar refractivity (Wildman–Crippen MR) is 122 cm³/mol. The third kappa shape index (κ3) is 4.66. The van der Waals surface area contributed by atoms with Crippen LogP contribution >= 0.6 is 22.9 Å². The summed E-state index contributed by atoms with van der Waals surface area (Å²) in [6.45, 7) is 1.77. The van der Waals surface area contributed by atoms with Crippen LogP contribution in [0.1, 0.15) is 11.8 Å². The van der Waals surface area contributed by atoms with Gasteiger partial charge in [0.1, 0.15) is 11.3 Å². The molecule has 4 rings (SSSR count). The van der Waals surface area contributed by atoms with E-state index in [0.29, 0.717) is 20.3 Å². The van der Waals surface area contributed by atoms with Crippen LogP contribution in [0.3, 0.4) is 0 Å². The van der Waals surface area contributed by atoms with E-state index in [1.165, 1.54) is 27.8 Å². The van der Waals surface area contributed by atoms with E-state index in [1.807, 2.05) is 0 Å². The quantitative estimate of drug-likeness (QED) is 0.520. The summed E-state index contributed by atoms with van der Waals surface area (Å²) in [6.07, 6.45) is -4.78. The van der Waals surface area contributed by atoms with Crippen molar-refractivity contribution < 1.29 is 26.5 Å². The fourth-order valence-electron chi connectivity index (χ4n) is 3.26. The number of thiophene rings is 1. The highest BCUT2D eigenvalue weighted by molar-refractivity contribution is 7.98. The fraction of sp³-hybridized carbons (Fsp3) is 0.263. The van der Waals surface area contributed by atoms with E-state index in [0.717, 1.165) is 12.1 Å². The molecule has 0 aliphatic carbocycles. The van der Waals surface area contributed by atoms with Gasteiger partial charge in [-0.15, -0.1) is 34.7 Å². The molecule has 3 aromatic rings. The number of benzene rings is 1. The van der Waals surface area contributed by atoms with E-state index in [9.17, 15) is 17.4 Å². The molecule has 1 aliphatic heterocycles. The van der Waals surface area contributed by atoms with E-state index in [1.54, 1.807) is 20.0 Å². The van der Waals surface area contributed by atoms with Gasteiger partial charge in [-0.2, -0.15) is 0 Å². The zero-order valence-electron chi connectivity index (χ0n) is 17.2. The van der Waals surface area contributed by atoms with Gasteiger partial charge in [0.05, 0.1) is 30.2 Å². The van der Waals surface area contributed by atoms with Crippen LogP contribution in [0.2, 0.25) is 5.02 Å². The van der Waals surface area contributed by atoms with Gasteiger partial charge in [-0.1, -0.05) is 11.6 Å². The van der Waals surface area contributed by atoms with Gasteiger partial charge in [0.25, 0.3) is 5.89 Å². The number of halogens is 4. The Labute approximate surface area is 196 Å². The molecule has 0 amide bonds. The van der Waals surface area contributed by atoms with Gasteiger partial charge in [0.2, 0.25) is 11.9 Å². The molecular formula is C19H17ClF3N5O3S2. The van der Waals surface area contributed by atoms with Crippen LogP contribution in [0.15, 0.2) is 39.7 Å². The number of nitrogens with two attached hydrogens (primary N) is 1. The summed E-state index contributed by atoms with van der Waals surface area (Å²) in [5, 5.41) is 8.33. The lowest BCUT2D eigenvalue weighted by Crippen LogP contribution is -2.50. The summed E-state index contributed by atoms with van der Waals surface area (Å²) < 4.78 is 60.8. The molecular weight excluding hydrogens is 503 g/mol. The number of aromatic nitrogens is 2. The lowest BCUT2D eigenvalue weighted by atomic mass is 10.0. The molecule has 1 aliphatic rings. The van der Waals surface area contributed by atoms with Crippen LogP contribution in [0.4, 0.5) is 13.2 Å². The summed E-state index contributed by atoms with van der Waals surface area (Å²) in [5.41, 5.74) is 5.39. The topological polar surface area (TPSA) is 107 Å². The molecule has 0 saturated carbocycles. The normalized spacial score (nSPS) is 23.5. The van der Waals surface area contributed by atoms with Crippen molar-refractivity contribution in [1.29, 1.82) is 0 Å². The Balaban J connectivity index is 1.62. The van der Waals surface area contributed by atoms with Crippen LogP contribution in [0.25, 0.3) is 22.2 Å². The molecule has 0 bridgehead atoms. The number of alkyl halides is 3. The molecule has 0 saturated heterocycles. The zero-order chi connectivity index (χ0) is 24.2. The maximum Gasteiger partial charge on any atom is 0.573 e. The van der Waals surface area contributed by atoms with Crippen molar-refractivity contribution in [2.24, 2.45) is 10.7 Å². The first-order valence-corrected chi connectivity index (χ1v) is 12.3. The number of guanidine groups is 1. The Hall–Kier alpha value is -2.77. The fourth-order valence-corrected chi connectivity index (χ4v) is 6.57. The second-order valence-corrected chi connectivity index (χ2v) is 11.3. The largest absolute Gasteiger partial charge is 0.573 e. The molecule has 1 aromatic carbocycles. The SMILES string of the molecule is C=S1(=O)C[C@@](C)(c2sc(-c3nnc(-c4ccc(OC(F)(F)F)cc4)o3)cc2Cl)N=C(N)N1C. The van der Waals surface area contributed by atoms with Crippen LogP contribution in [0.5, 0.6) is 5.75 Å². The molecule has 14 heteroatoms. The van der Waals surface area contributed by atoms with E-state index < -0.39 is 21.6 Å². The van der Waals surface area contributed by atoms with Crippen molar-refractivity contribution in [2.45, 2.75) is 18.8 Å². The molecule has 3 heterocycles. The Morgan fingerprint density at radius 2 is 1.94 bits per heavy atom. The van der Waals surface area contributed by atoms with Gasteiger partial charge in [0.15, 0.2) is 0 Å². The molecule has 176 valence electrons. The average Bonchev–Trinajstić information content (AvgIpc) is 3.32. The van der Waals surface area contributed by atoms with Gasteiger partial charge in [-0.25, -0.2) is 9.20 Å². The molecule has 0 radical (unpaired) electrons. The van der Waals surface area contributed by atoms with E-state index >= 15 is 0 Å². The number of nitrogens with zero attached hydrogens (tertiary/aromatic N) is 4. The van der Waals surface area contributed by atoms with E-state index in [2.05, 4.69) is 25.8 Å². The van der Waals surface area contributed by atoms with Crippen molar-refractivity contribution in [2.75, 3.05) is 12.8 Å². The summed E-state index contributed by atoms with van der Waals surface area (Å²) in [5.74, 6) is 3.87. The Morgan fingerprint density at radius 1 is 1.30 bits per heavy atom. The summed E-state index contributed by atoms with van der Waals surface area (Å²) in [7, 11) is -1.13. The molecule has 1 unspecified atom stereocenters. The lowest BCUT2D eigenvalue weighted by Gasteiger charge is -2.36. The number of rotatable bonds is 4. The predicted octanol–water partition coefficient (Wildman–Crippen LogP) is 4.12. The van der Waals surface area contributed by atoms with Gasteiger partial charge in [-0.3, -0.25) is 4.31 Å². The smallest absolute Gasteiger partial charge is 0.415 e. The van der Waals surface area contributed by atoms with E-state index in [4.69, 9.17) is 21.8 Å². The Morgan fingerprint density at radius 3 is 2.55 bits per heavy atom. The molecule has 2 aromatic heterocycles.